The fraction of sp³-hybridized carbons (Fsp3) is 0.400. The number of aromatic nitrogens is 3. The van der Waals surface area contributed by atoms with E-state index < -0.39 is 10.0 Å². The molecule has 5 rings (SSSR count). The molecule has 0 fully saturated rings. The second-order valence-corrected chi connectivity index (χ2v) is 13.0. The monoisotopic (exact) mass is 605 g/mol. The fourth-order valence-corrected chi connectivity index (χ4v) is 7.20. The van der Waals surface area contributed by atoms with Crippen LogP contribution in [0.25, 0.3) is 10.2 Å². The molecule has 1 aliphatic rings. The van der Waals surface area contributed by atoms with Gasteiger partial charge in [-0.05, 0) is 42.1 Å². The molecule has 0 unspecified atom stereocenters. The van der Waals surface area contributed by atoms with Gasteiger partial charge in [0.25, 0.3) is 15.9 Å². The molecule has 0 atom stereocenters. The second kappa shape index (κ2) is 13.2. The summed E-state index contributed by atoms with van der Waals surface area (Å²) < 4.78 is 41.5. The van der Waals surface area contributed by atoms with Crippen LogP contribution in [0, 0.1) is 0 Å². The number of ether oxygens (including phenoxy) is 2. The van der Waals surface area contributed by atoms with Crippen LogP contribution >= 0.6 is 22.7 Å². The van der Waals surface area contributed by atoms with Crippen LogP contribution in [0.15, 0.2) is 46.0 Å². The van der Waals surface area contributed by atoms with Gasteiger partial charge in [-0.1, -0.05) is 17.4 Å². The first-order valence-electron chi connectivity index (χ1n) is 12.8. The van der Waals surface area contributed by atoms with Gasteiger partial charge in [-0.3, -0.25) is 24.4 Å². The van der Waals surface area contributed by atoms with Crippen molar-refractivity contribution in [1.29, 1.82) is 0 Å². The van der Waals surface area contributed by atoms with Gasteiger partial charge in [0.05, 0.1) is 48.0 Å². The van der Waals surface area contributed by atoms with E-state index in [9.17, 15) is 13.2 Å². The van der Waals surface area contributed by atoms with Gasteiger partial charge in [0.15, 0.2) is 10.8 Å². The lowest BCUT2D eigenvalue weighted by Crippen LogP contribution is -2.28. The first kappa shape index (κ1) is 28.6. The van der Waals surface area contributed by atoms with E-state index in [1.807, 2.05) is 10.7 Å². The third-order valence-electron chi connectivity index (χ3n) is 6.13. The fourth-order valence-electron chi connectivity index (χ4n) is 4.25. The second-order valence-electron chi connectivity index (χ2n) is 9.08. The summed E-state index contributed by atoms with van der Waals surface area (Å²) in [6.45, 7) is 5.83. The number of fused-ring (bicyclic) bond motifs is 2. The van der Waals surface area contributed by atoms with Crippen LogP contribution in [0.1, 0.15) is 22.6 Å². The van der Waals surface area contributed by atoms with Crippen molar-refractivity contribution in [2.45, 2.75) is 23.7 Å². The van der Waals surface area contributed by atoms with Gasteiger partial charge < -0.3 is 15.2 Å². The van der Waals surface area contributed by atoms with Gasteiger partial charge in [0.2, 0.25) is 0 Å². The number of carbonyl (C=O) groups excluding carboxylic acids is 1. The predicted octanol–water partition coefficient (Wildman–Crippen LogP) is 2.81. The summed E-state index contributed by atoms with van der Waals surface area (Å²) in [7, 11) is -3.65. The van der Waals surface area contributed by atoms with Gasteiger partial charge in [0.1, 0.15) is 4.21 Å². The summed E-state index contributed by atoms with van der Waals surface area (Å²) in [4.78, 5) is 19.8. The van der Waals surface area contributed by atoms with E-state index in [-0.39, 0.29) is 10.1 Å². The summed E-state index contributed by atoms with van der Waals surface area (Å²) in [5, 5.41) is 9.50. The van der Waals surface area contributed by atoms with Crippen molar-refractivity contribution in [2.75, 3.05) is 56.1 Å². The maximum Gasteiger partial charge on any atom is 0.277 e. The van der Waals surface area contributed by atoms with E-state index in [0.717, 1.165) is 47.8 Å². The van der Waals surface area contributed by atoms with Crippen LogP contribution < -0.4 is 15.8 Å². The first-order chi connectivity index (χ1) is 19.4. The third kappa shape index (κ3) is 7.23. The number of benzene rings is 1. The molecule has 0 aliphatic carbocycles. The predicted molar refractivity (Wildman–Crippen MR) is 156 cm³/mol. The van der Waals surface area contributed by atoms with Crippen molar-refractivity contribution in [2.24, 2.45) is 5.73 Å². The highest BCUT2D eigenvalue weighted by Crippen LogP contribution is 2.30. The van der Waals surface area contributed by atoms with Crippen LogP contribution in [0.4, 0.5) is 10.8 Å². The summed E-state index contributed by atoms with van der Waals surface area (Å²) >= 11 is 2.42. The van der Waals surface area contributed by atoms with Gasteiger partial charge in [0, 0.05) is 32.7 Å². The highest BCUT2D eigenvalue weighted by molar-refractivity contribution is 7.94. The number of nitrogens with zero attached hydrogens (tertiary/aromatic N) is 4. The third-order valence-corrected chi connectivity index (χ3v) is 9.85. The Morgan fingerprint density at radius 1 is 1.10 bits per heavy atom. The van der Waals surface area contributed by atoms with E-state index >= 15 is 0 Å². The molecule has 3 aromatic heterocycles. The lowest BCUT2D eigenvalue weighted by molar-refractivity contribution is 0.0403. The van der Waals surface area contributed by atoms with E-state index in [0.29, 0.717) is 61.5 Å². The Labute approximate surface area is 240 Å². The minimum absolute atomic E-state index is 0.240. The highest BCUT2D eigenvalue weighted by atomic mass is 32.2. The Balaban J connectivity index is 1.18. The summed E-state index contributed by atoms with van der Waals surface area (Å²) in [6.07, 6.45) is 0.922. The number of anilines is 2. The number of carbonyl (C=O) groups is 1. The summed E-state index contributed by atoms with van der Waals surface area (Å²) in [5.74, 6) is -0.342. The average Bonchev–Trinajstić information content (AvgIpc) is 3.66. The molecule has 4 aromatic rings. The van der Waals surface area contributed by atoms with Crippen molar-refractivity contribution in [3.05, 3.63) is 53.2 Å². The van der Waals surface area contributed by atoms with Gasteiger partial charge in [-0.2, -0.15) is 5.10 Å². The minimum atomic E-state index is -3.65. The molecule has 4 heterocycles. The Hall–Kier alpha value is -2.92. The molecule has 40 heavy (non-hydrogen) atoms. The lowest BCUT2D eigenvalue weighted by Gasteiger charge is -2.19. The molecule has 1 aromatic carbocycles. The topological polar surface area (TPSA) is 154 Å². The van der Waals surface area contributed by atoms with E-state index in [1.165, 1.54) is 11.3 Å². The smallest absolute Gasteiger partial charge is 0.277 e. The summed E-state index contributed by atoms with van der Waals surface area (Å²) in [5.41, 5.74) is 7.79. The number of hydrogen-bond acceptors (Lipinski definition) is 11. The Morgan fingerprint density at radius 3 is 2.75 bits per heavy atom. The Morgan fingerprint density at radius 2 is 1.95 bits per heavy atom. The molecule has 0 saturated heterocycles. The van der Waals surface area contributed by atoms with Crippen molar-refractivity contribution in [1.82, 2.24) is 19.7 Å². The number of amides is 1. The Kier molecular flexibility index (Phi) is 9.41. The van der Waals surface area contributed by atoms with Crippen molar-refractivity contribution >= 4 is 59.6 Å². The van der Waals surface area contributed by atoms with E-state index in [2.05, 4.69) is 25.0 Å². The summed E-state index contributed by atoms with van der Waals surface area (Å²) in [6, 6.07) is 10.1. The van der Waals surface area contributed by atoms with Crippen molar-refractivity contribution < 1.29 is 22.7 Å². The lowest BCUT2D eigenvalue weighted by atomic mass is 10.3. The molecule has 214 valence electrons. The largest absolute Gasteiger partial charge is 0.378 e. The minimum Gasteiger partial charge on any atom is -0.378 e. The molecule has 0 bridgehead atoms. The zero-order valence-corrected chi connectivity index (χ0v) is 24.2. The first-order valence-corrected chi connectivity index (χ1v) is 16.0. The molecular formula is C25H31N7O5S3. The number of aryl methyl sites for hydroxylation is 1. The normalized spacial score (nSPS) is 14.2. The molecule has 0 saturated carbocycles. The molecule has 15 heteroatoms. The van der Waals surface area contributed by atoms with E-state index in [1.54, 1.807) is 35.7 Å². The number of nitrogens with two attached hydrogens (primary N) is 1. The zero-order chi connectivity index (χ0) is 28.0. The number of sulfonamides is 1. The molecule has 12 nitrogen and oxygen atoms in total. The molecular weight excluding hydrogens is 575 g/mol. The van der Waals surface area contributed by atoms with Crippen LogP contribution in [0.3, 0.4) is 0 Å². The molecule has 1 amide bonds. The molecule has 4 N–H and O–H groups in total. The van der Waals surface area contributed by atoms with Crippen LogP contribution in [-0.2, 0) is 32.6 Å². The average molecular weight is 606 g/mol. The highest BCUT2D eigenvalue weighted by Gasteiger charge is 2.21. The SMILES string of the molecule is NCCOCCOCCN1CCCn2nc(C(=O)Nc3nc4ccc(NS(=O)(=O)c5cccs5)cc4s3)cc2C1. The van der Waals surface area contributed by atoms with Crippen LogP contribution in [-0.4, -0.2) is 80.1 Å². The maximum absolute atomic E-state index is 13.0. The molecule has 0 spiro atoms. The Bertz CT molecular complexity index is 1540. The van der Waals surface area contributed by atoms with Gasteiger partial charge in [-0.25, -0.2) is 13.4 Å². The van der Waals surface area contributed by atoms with Gasteiger partial charge in [-0.15, -0.1) is 11.3 Å². The number of nitrogens with one attached hydrogen (secondary N) is 2. The number of rotatable bonds is 13. The molecule has 0 radical (unpaired) electrons. The van der Waals surface area contributed by atoms with Gasteiger partial charge >= 0.3 is 0 Å². The van der Waals surface area contributed by atoms with Crippen molar-refractivity contribution in [3.8, 4) is 0 Å². The quantitative estimate of drug-likeness (QED) is 0.195. The zero-order valence-electron chi connectivity index (χ0n) is 21.7. The maximum atomic E-state index is 13.0. The number of hydrogen-bond donors (Lipinski definition) is 3. The van der Waals surface area contributed by atoms with E-state index in [4.69, 9.17) is 15.2 Å². The molecule has 1 aliphatic heterocycles. The number of thiazole rings is 1. The van der Waals surface area contributed by atoms with Crippen LogP contribution in [0.2, 0.25) is 0 Å². The van der Waals surface area contributed by atoms with Crippen LogP contribution in [0.5, 0.6) is 0 Å². The standard InChI is InChI=1S/C25H31N7O5S3/c26-6-10-36-12-13-37-11-9-31-7-2-8-32-19(17-31)16-21(29-32)24(33)28-25-27-20-5-4-18(15-22(20)39-25)30-40(34,35)23-3-1-14-38-23/h1,3-5,14-16,30H,2,6-13,17,26H2,(H,27,28,33). The van der Waals surface area contributed by atoms with Crippen molar-refractivity contribution in [3.63, 3.8) is 0 Å². The number of thiophene rings is 1.